The number of hydrogen-bond donors (Lipinski definition) is 1. The summed E-state index contributed by atoms with van der Waals surface area (Å²) in [6, 6.07) is 0. The van der Waals surface area contributed by atoms with Gasteiger partial charge in [-0.1, -0.05) is 18.6 Å². The minimum Gasteiger partial charge on any atom is -0.447 e. The number of unbranched alkanes of at least 4 members (excludes halogenated alkanes) is 2. The summed E-state index contributed by atoms with van der Waals surface area (Å²) < 4.78 is 5.18. The highest BCUT2D eigenvalue weighted by atomic mass is 16.6. The first-order chi connectivity index (χ1) is 8.10. The Kier molecular flexibility index (Phi) is 5.10. The number of rotatable bonds is 6. The molecule has 1 unspecified atom stereocenters. The molecule has 0 heterocycles. The highest BCUT2D eigenvalue weighted by Crippen LogP contribution is 2.26. The van der Waals surface area contributed by atoms with Crippen LogP contribution in [0.5, 0.6) is 0 Å². The number of aliphatic hydroxyl groups is 1. The van der Waals surface area contributed by atoms with Gasteiger partial charge in [-0.05, 0) is 31.4 Å². The Morgan fingerprint density at radius 2 is 2.12 bits per heavy atom. The zero-order valence-corrected chi connectivity index (χ0v) is 10.0. The minimum atomic E-state index is -1.13. The first-order valence-corrected chi connectivity index (χ1v) is 5.81. The molecule has 94 valence electrons. The van der Waals surface area contributed by atoms with Gasteiger partial charge in [-0.2, -0.15) is 0 Å². The van der Waals surface area contributed by atoms with Crippen LogP contribution in [0.1, 0.15) is 32.6 Å². The van der Waals surface area contributed by atoms with Crippen LogP contribution in [0.3, 0.4) is 0 Å². The molecule has 0 amide bonds. The van der Waals surface area contributed by atoms with E-state index in [-0.39, 0.29) is 12.4 Å². The van der Waals surface area contributed by atoms with Crippen LogP contribution < -0.4 is 0 Å². The zero-order valence-electron chi connectivity index (χ0n) is 10.0. The van der Waals surface area contributed by atoms with Gasteiger partial charge in [0.2, 0.25) is 5.78 Å². The normalized spacial score (nSPS) is 22.8. The molecule has 17 heavy (non-hydrogen) atoms. The third-order valence-electron chi connectivity index (χ3n) is 2.67. The standard InChI is InChI=1S/C13H18O4/c1-11(15)17-13(8-4-2-6-10-14)9-5-3-7-12(13)16/h3,5,7,9,14H,2,4,6,8,10H2,1H3. The van der Waals surface area contributed by atoms with Crippen LogP contribution >= 0.6 is 0 Å². The molecule has 0 saturated carbocycles. The Balaban J connectivity index is 2.66. The van der Waals surface area contributed by atoms with Crippen molar-refractivity contribution in [2.45, 2.75) is 38.2 Å². The number of carbonyl (C=O) groups excluding carboxylic acids is 2. The first-order valence-electron chi connectivity index (χ1n) is 5.81. The van der Waals surface area contributed by atoms with Crippen LogP contribution in [-0.2, 0) is 14.3 Å². The second kappa shape index (κ2) is 6.35. The molecule has 0 aromatic carbocycles. The van der Waals surface area contributed by atoms with E-state index in [2.05, 4.69) is 0 Å². The summed E-state index contributed by atoms with van der Waals surface area (Å²) in [7, 11) is 0. The molecule has 0 radical (unpaired) electrons. The molecule has 4 nitrogen and oxygen atoms in total. The average Bonchev–Trinajstić information content (AvgIpc) is 2.28. The molecule has 1 aliphatic carbocycles. The van der Waals surface area contributed by atoms with E-state index in [1.54, 1.807) is 18.2 Å². The molecule has 0 aromatic heterocycles. The van der Waals surface area contributed by atoms with E-state index in [1.165, 1.54) is 13.0 Å². The van der Waals surface area contributed by atoms with Crippen LogP contribution in [0, 0.1) is 0 Å². The lowest BCUT2D eigenvalue weighted by Gasteiger charge is -2.29. The lowest BCUT2D eigenvalue weighted by Crippen LogP contribution is -2.41. The SMILES string of the molecule is CC(=O)OC1(CCCCCO)C=CC=CC1=O. The van der Waals surface area contributed by atoms with Gasteiger partial charge in [0.15, 0.2) is 5.60 Å². The summed E-state index contributed by atoms with van der Waals surface area (Å²) >= 11 is 0. The Labute approximate surface area is 101 Å². The monoisotopic (exact) mass is 238 g/mol. The summed E-state index contributed by atoms with van der Waals surface area (Å²) in [6.45, 7) is 1.44. The number of esters is 1. The molecule has 1 rings (SSSR count). The second-order valence-electron chi connectivity index (χ2n) is 4.10. The molecule has 0 spiro atoms. The van der Waals surface area contributed by atoms with Crippen molar-refractivity contribution < 1.29 is 19.4 Å². The van der Waals surface area contributed by atoms with Crippen molar-refractivity contribution >= 4 is 11.8 Å². The van der Waals surface area contributed by atoms with E-state index in [9.17, 15) is 9.59 Å². The van der Waals surface area contributed by atoms with Crippen molar-refractivity contribution in [1.82, 2.24) is 0 Å². The Bertz CT molecular complexity index is 343. The van der Waals surface area contributed by atoms with Gasteiger partial charge in [-0.25, -0.2) is 0 Å². The fourth-order valence-electron chi connectivity index (χ4n) is 1.85. The average molecular weight is 238 g/mol. The number of ether oxygens (including phenoxy) is 1. The Hall–Kier alpha value is -1.42. The number of ketones is 1. The maximum absolute atomic E-state index is 11.9. The lowest BCUT2D eigenvalue weighted by atomic mass is 9.88. The molecule has 1 aliphatic rings. The molecule has 4 heteroatoms. The minimum absolute atomic E-state index is 0.143. The molecule has 1 N–H and O–H groups in total. The van der Waals surface area contributed by atoms with E-state index in [0.717, 1.165) is 12.8 Å². The van der Waals surface area contributed by atoms with Gasteiger partial charge in [0.1, 0.15) is 0 Å². The Morgan fingerprint density at radius 3 is 2.71 bits per heavy atom. The van der Waals surface area contributed by atoms with Gasteiger partial charge < -0.3 is 9.84 Å². The van der Waals surface area contributed by atoms with Crippen LogP contribution in [0.2, 0.25) is 0 Å². The van der Waals surface area contributed by atoms with Crippen molar-refractivity contribution in [2.24, 2.45) is 0 Å². The zero-order chi connectivity index (χ0) is 12.7. The number of carbonyl (C=O) groups is 2. The van der Waals surface area contributed by atoms with E-state index >= 15 is 0 Å². The van der Waals surface area contributed by atoms with Gasteiger partial charge in [-0.3, -0.25) is 9.59 Å². The van der Waals surface area contributed by atoms with Gasteiger partial charge in [0, 0.05) is 13.5 Å². The summed E-state index contributed by atoms with van der Waals surface area (Å²) in [5, 5.41) is 8.69. The molecule has 0 saturated heterocycles. The Morgan fingerprint density at radius 1 is 1.35 bits per heavy atom. The third-order valence-corrected chi connectivity index (χ3v) is 2.67. The van der Waals surface area contributed by atoms with E-state index in [1.807, 2.05) is 0 Å². The topological polar surface area (TPSA) is 63.6 Å². The quantitative estimate of drug-likeness (QED) is 0.563. The maximum Gasteiger partial charge on any atom is 0.303 e. The number of aliphatic hydroxyl groups excluding tert-OH is 1. The molecule has 0 aliphatic heterocycles. The first kappa shape index (κ1) is 13.6. The van der Waals surface area contributed by atoms with Crippen LogP contribution in [0.25, 0.3) is 0 Å². The van der Waals surface area contributed by atoms with Crippen molar-refractivity contribution in [3.8, 4) is 0 Å². The maximum atomic E-state index is 11.9. The molecule has 1 atom stereocenters. The second-order valence-corrected chi connectivity index (χ2v) is 4.10. The lowest BCUT2D eigenvalue weighted by molar-refractivity contribution is -0.159. The summed E-state index contributed by atoms with van der Waals surface area (Å²) in [4.78, 5) is 22.9. The molecule has 0 bridgehead atoms. The van der Waals surface area contributed by atoms with Crippen molar-refractivity contribution in [3.63, 3.8) is 0 Å². The van der Waals surface area contributed by atoms with Crippen molar-refractivity contribution in [1.29, 1.82) is 0 Å². The van der Waals surface area contributed by atoms with E-state index in [0.29, 0.717) is 12.8 Å². The molecular weight excluding hydrogens is 220 g/mol. The van der Waals surface area contributed by atoms with Crippen LogP contribution in [0.4, 0.5) is 0 Å². The fraction of sp³-hybridized carbons (Fsp3) is 0.538. The summed E-state index contributed by atoms with van der Waals surface area (Å²) in [5.74, 6) is -0.653. The predicted octanol–water partition coefficient (Wildman–Crippen LogP) is 1.54. The highest BCUT2D eigenvalue weighted by molar-refractivity contribution is 6.01. The summed E-state index contributed by atoms with van der Waals surface area (Å²) in [5.41, 5.74) is -1.13. The van der Waals surface area contributed by atoms with Gasteiger partial charge in [-0.15, -0.1) is 0 Å². The van der Waals surface area contributed by atoms with E-state index in [4.69, 9.17) is 9.84 Å². The number of hydrogen-bond acceptors (Lipinski definition) is 4. The van der Waals surface area contributed by atoms with Gasteiger partial charge in [0.25, 0.3) is 0 Å². The molecule has 0 fully saturated rings. The van der Waals surface area contributed by atoms with Crippen molar-refractivity contribution in [3.05, 3.63) is 24.3 Å². The fourth-order valence-corrected chi connectivity index (χ4v) is 1.85. The van der Waals surface area contributed by atoms with E-state index < -0.39 is 11.6 Å². The number of allylic oxidation sites excluding steroid dienone is 2. The summed E-state index contributed by atoms with van der Waals surface area (Å²) in [6.07, 6.45) is 9.12. The molecule has 0 aromatic rings. The third kappa shape index (κ3) is 3.82. The van der Waals surface area contributed by atoms with Crippen LogP contribution in [-0.4, -0.2) is 29.1 Å². The van der Waals surface area contributed by atoms with Gasteiger partial charge in [0.05, 0.1) is 0 Å². The highest BCUT2D eigenvalue weighted by Gasteiger charge is 2.37. The largest absolute Gasteiger partial charge is 0.447 e. The smallest absolute Gasteiger partial charge is 0.303 e. The van der Waals surface area contributed by atoms with Gasteiger partial charge >= 0.3 is 5.97 Å². The van der Waals surface area contributed by atoms with Crippen LogP contribution in [0.15, 0.2) is 24.3 Å². The predicted molar refractivity (Wildman–Crippen MR) is 63.3 cm³/mol. The van der Waals surface area contributed by atoms with Crippen molar-refractivity contribution in [2.75, 3.05) is 6.61 Å². The molecular formula is C13H18O4.